The van der Waals surface area contributed by atoms with Crippen molar-refractivity contribution in [2.75, 3.05) is 7.05 Å². The molecule has 0 bridgehead atoms. The van der Waals surface area contributed by atoms with Crippen LogP contribution in [0.25, 0.3) is 0 Å². The van der Waals surface area contributed by atoms with E-state index < -0.39 is 0 Å². The first-order valence-electron chi connectivity index (χ1n) is 5.81. The molecule has 90 valence electrons. The standard InChI is InChI=1S/C12H18BrNOS/c1-14-9-2-4-10(5-3-9)15-8-11-6-7-12(13)16-11/h6-7,9-10,14H,2-5,8H2,1H3. The molecule has 0 amide bonds. The second-order valence-electron chi connectivity index (χ2n) is 4.28. The highest BCUT2D eigenvalue weighted by molar-refractivity contribution is 9.11. The van der Waals surface area contributed by atoms with E-state index in [1.807, 2.05) is 0 Å². The summed E-state index contributed by atoms with van der Waals surface area (Å²) in [6, 6.07) is 4.92. The van der Waals surface area contributed by atoms with E-state index in [1.54, 1.807) is 11.3 Å². The topological polar surface area (TPSA) is 21.3 Å². The summed E-state index contributed by atoms with van der Waals surface area (Å²) in [5.74, 6) is 0. The molecular weight excluding hydrogens is 286 g/mol. The highest BCUT2D eigenvalue weighted by Gasteiger charge is 2.20. The Balaban J connectivity index is 1.71. The van der Waals surface area contributed by atoms with Gasteiger partial charge >= 0.3 is 0 Å². The maximum Gasteiger partial charge on any atom is 0.0813 e. The Bertz CT molecular complexity index is 321. The van der Waals surface area contributed by atoms with Crippen molar-refractivity contribution >= 4 is 27.3 Å². The maximum atomic E-state index is 5.94. The van der Waals surface area contributed by atoms with Crippen molar-refractivity contribution in [1.29, 1.82) is 0 Å². The second kappa shape index (κ2) is 6.15. The fraction of sp³-hybridized carbons (Fsp3) is 0.667. The molecule has 16 heavy (non-hydrogen) atoms. The minimum Gasteiger partial charge on any atom is -0.373 e. The van der Waals surface area contributed by atoms with E-state index in [9.17, 15) is 0 Å². The van der Waals surface area contributed by atoms with Gasteiger partial charge in [0.15, 0.2) is 0 Å². The molecule has 1 aliphatic rings. The quantitative estimate of drug-likeness (QED) is 0.918. The molecule has 1 aliphatic carbocycles. The number of hydrogen-bond donors (Lipinski definition) is 1. The average Bonchev–Trinajstić information content (AvgIpc) is 2.73. The van der Waals surface area contributed by atoms with Crippen molar-refractivity contribution in [2.24, 2.45) is 0 Å². The first kappa shape index (κ1) is 12.6. The van der Waals surface area contributed by atoms with Gasteiger partial charge in [-0.15, -0.1) is 11.3 Å². The smallest absolute Gasteiger partial charge is 0.0813 e. The van der Waals surface area contributed by atoms with Gasteiger partial charge in [-0.25, -0.2) is 0 Å². The number of rotatable bonds is 4. The maximum absolute atomic E-state index is 5.94. The number of thiophene rings is 1. The van der Waals surface area contributed by atoms with Gasteiger partial charge in [0, 0.05) is 10.9 Å². The normalized spacial score (nSPS) is 25.9. The molecular formula is C12H18BrNOS. The Labute approximate surface area is 110 Å². The Morgan fingerprint density at radius 2 is 2.12 bits per heavy atom. The third-order valence-electron chi connectivity index (χ3n) is 3.17. The first-order valence-corrected chi connectivity index (χ1v) is 7.42. The zero-order valence-corrected chi connectivity index (χ0v) is 11.9. The van der Waals surface area contributed by atoms with Crippen LogP contribution in [-0.4, -0.2) is 19.2 Å². The highest BCUT2D eigenvalue weighted by atomic mass is 79.9. The second-order valence-corrected chi connectivity index (χ2v) is 6.83. The molecule has 4 heteroatoms. The summed E-state index contributed by atoms with van der Waals surface area (Å²) in [7, 11) is 2.05. The lowest BCUT2D eigenvalue weighted by atomic mass is 9.93. The molecule has 1 N–H and O–H groups in total. The number of nitrogens with one attached hydrogen (secondary N) is 1. The molecule has 0 spiro atoms. The van der Waals surface area contributed by atoms with Crippen molar-refractivity contribution in [2.45, 2.75) is 44.4 Å². The van der Waals surface area contributed by atoms with Gasteiger partial charge in [0.2, 0.25) is 0 Å². The van der Waals surface area contributed by atoms with E-state index in [1.165, 1.54) is 34.3 Å². The molecule has 0 radical (unpaired) electrons. The molecule has 0 aromatic carbocycles. The largest absolute Gasteiger partial charge is 0.373 e. The minimum atomic E-state index is 0.463. The highest BCUT2D eigenvalue weighted by Crippen LogP contribution is 2.25. The van der Waals surface area contributed by atoms with E-state index in [0.717, 1.165) is 6.61 Å². The van der Waals surface area contributed by atoms with Crippen LogP contribution in [0.4, 0.5) is 0 Å². The zero-order chi connectivity index (χ0) is 11.4. The van der Waals surface area contributed by atoms with Crippen LogP contribution in [0, 0.1) is 0 Å². The molecule has 0 aliphatic heterocycles. The summed E-state index contributed by atoms with van der Waals surface area (Å²) in [4.78, 5) is 1.31. The monoisotopic (exact) mass is 303 g/mol. The Morgan fingerprint density at radius 1 is 1.38 bits per heavy atom. The number of ether oxygens (including phenoxy) is 1. The third kappa shape index (κ3) is 3.55. The van der Waals surface area contributed by atoms with E-state index in [-0.39, 0.29) is 0 Å². The van der Waals surface area contributed by atoms with Gasteiger partial charge in [-0.3, -0.25) is 0 Å². The molecule has 1 aromatic heterocycles. The Kier molecular flexibility index (Phi) is 4.82. The average molecular weight is 304 g/mol. The van der Waals surface area contributed by atoms with Crippen LogP contribution >= 0.6 is 27.3 Å². The molecule has 2 nitrogen and oxygen atoms in total. The van der Waals surface area contributed by atoms with Crippen molar-refractivity contribution in [3.63, 3.8) is 0 Å². The first-order chi connectivity index (χ1) is 7.78. The van der Waals surface area contributed by atoms with Crippen molar-refractivity contribution < 1.29 is 4.74 Å². The summed E-state index contributed by atoms with van der Waals surface area (Å²) >= 11 is 5.23. The molecule has 0 saturated heterocycles. The Hall–Kier alpha value is 0.1000. The molecule has 1 aromatic rings. The molecule has 2 rings (SSSR count). The lowest BCUT2D eigenvalue weighted by molar-refractivity contribution is 0.0131. The van der Waals surface area contributed by atoms with Gasteiger partial charge in [0.25, 0.3) is 0 Å². The van der Waals surface area contributed by atoms with Gasteiger partial charge in [-0.05, 0) is 60.8 Å². The molecule has 0 unspecified atom stereocenters. The van der Waals surface area contributed by atoms with Crippen molar-refractivity contribution in [3.05, 3.63) is 20.8 Å². The molecule has 0 atom stereocenters. The predicted octanol–water partition coefficient (Wildman–Crippen LogP) is 3.56. The van der Waals surface area contributed by atoms with Gasteiger partial charge in [0.1, 0.15) is 0 Å². The van der Waals surface area contributed by atoms with Crippen LogP contribution in [-0.2, 0) is 11.3 Å². The van der Waals surface area contributed by atoms with Crippen molar-refractivity contribution in [3.8, 4) is 0 Å². The van der Waals surface area contributed by atoms with Gasteiger partial charge in [-0.1, -0.05) is 0 Å². The summed E-state index contributed by atoms with van der Waals surface area (Å²) in [6.45, 7) is 0.769. The molecule has 1 saturated carbocycles. The number of halogens is 1. The van der Waals surface area contributed by atoms with Gasteiger partial charge in [0.05, 0.1) is 16.5 Å². The van der Waals surface area contributed by atoms with E-state index in [0.29, 0.717) is 12.1 Å². The fourth-order valence-corrected chi connectivity index (χ4v) is 3.55. The number of hydrogen-bond acceptors (Lipinski definition) is 3. The van der Waals surface area contributed by atoms with Gasteiger partial charge in [-0.2, -0.15) is 0 Å². The van der Waals surface area contributed by atoms with E-state index >= 15 is 0 Å². The van der Waals surface area contributed by atoms with Crippen LogP contribution in [0.1, 0.15) is 30.6 Å². The fourth-order valence-electron chi connectivity index (χ4n) is 2.15. The lowest BCUT2D eigenvalue weighted by Crippen LogP contribution is -2.32. The summed E-state index contributed by atoms with van der Waals surface area (Å²) < 4.78 is 7.12. The predicted molar refractivity (Wildman–Crippen MR) is 71.9 cm³/mol. The summed E-state index contributed by atoms with van der Waals surface area (Å²) in [5, 5.41) is 3.34. The van der Waals surface area contributed by atoms with Crippen LogP contribution < -0.4 is 5.32 Å². The minimum absolute atomic E-state index is 0.463. The van der Waals surface area contributed by atoms with E-state index in [4.69, 9.17) is 4.74 Å². The van der Waals surface area contributed by atoms with Crippen molar-refractivity contribution in [1.82, 2.24) is 5.32 Å². The summed E-state index contributed by atoms with van der Waals surface area (Å²) in [6.07, 6.45) is 5.34. The van der Waals surface area contributed by atoms with Crippen LogP contribution in [0.3, 0.4) is 0 Å². The SMILES string of the molecule is CNC1CCC(OCc2ccc(Br)s2)CC1. The van der Waals surface area contributed by atoms with Crippen LogP contribution in [0.2, 0.25) is 0 Å². The van der Waals surface area contributed by atoms with Crippen LogP contribution in [0.15, 0.2) is 15.9 Å². The Morgan fingerprint density at radius 3 is 2.69 bits per heavy atom. The lowest BCUT2D eigenvalue weighted by Gasteiger charge is -2.28. The molecule has 1 heterocycles. The summed E-state index contributed by atoms with van der Waals surface area (Å²) in [5.41, 5.74) is 0. The van der Waals surface area contributed by atoms with E-state index in [2.05, 4.69) is 40.4 Å². The third-order valence-corrected chi connectivity index (χ3v) is 4.77. The van der Waals surface area contributed by atoms with Gasteiger partial charge < -0.3 is 10.1 Å². The van der Waals surface area contributed by atoms with Crippen LogP contribution in [0.5, 0.6) is 0 Å². The molecule has 1 fully saturated rings. The zero-order valence-electron chi connectivity index (χ0n) is 9.54.